The zero-order valence-corrected chi connectivity index (χ0v) is 16.1. The van der Waals surface area contributed by atoms with E-state index in [1.807, 2.05) is 14.1 Å². The van der Waals surface area contributed by atoms with Crippen molar-refractivity contribution in [2.75, 3.05) is 27.2 Å². The first-order chi connectivity index (χ1) is 12.7. The summed E-state index contributed by atoms with van der Waals surface area (Å²) in [5, 5.41) is 6.87. The van der Waals surface area contributed by atoms with Crippen LogP contribution in [0.15, 0.2) is 71.9 Å². The third-order valence-electron chi connectivity index (χ3n) is 4.24. The van der Waals surface area contributed by atoms with Crippen molar-refractivity contribution in [3.63, 3.8) is 0 Å². The Balaban J connectivity index is 2.02. The second-order valence-electron chi connectivity index (χ2n) is 6.46. The molecule has 0 aliphatic carbocycles. The van der Waals surface area contributed by atoms with Crippen LogP contribution in [0.5, 0.6) is 0 Å². The maximum Gasteiger partial charge on any atom is 0.129 e. The van der Waals surface area contributed by atoms with Crippen LogP contribution in [0.4, 0.5) is 0 Å². The van der Waals surface area contributed by atoms with Gasteiger partial charge in [0.25, 0.3) is 0 Å². The second kappa shape index (κ2) is 8.88. The molecule has 0 N–H and O–H groups in total. The summed E-state index contributed by atoms with van der Waals surface area (Å²) in [5.41, 5.74) is 4.15. The summed E-state index contributed by atoms with van der Waals surface area (Å²) in [5.74, 6) is 0.723. The van der Waals surface area contributed by atoms with Crippen LogP contribution in [-0.4, -0.2) is 37.9 Å². The molecule has 0 atom stereocenters. The standard InChI is InChI=1S/C22H24N2OS/c1-24(2)14-15-25-23-22(19-12-10-17(16-26)11-13-19)21-9-5-7-18-6-3-4-8-20(18)21/h3-13,26H,14-16H2,1-2H3/b23-22-. The van der Waals surface area contributed by atoms with E-state index in [2.05, 4.69) is 89.4 Å². The van der Waals surface area contributed by atoms with Gasteiger partial charge >= 0.3 is 0 Å². The quantitative estimate of drug-likeness (QED) is 0.287. The van der Waals surface area contributed by atoms with Gasteiger partial charge in [0, 0.05) is 23.4 Å². The molecule has 0 radical (unpaired) electrons. The number of nitrogens with zero attached hydrogens (tertiary/aromatic N) is 2. The minimum atomic E-state index is 0.552. The van der Waals surface area contributed by atoms with Gasteiger partial charge in [0.2, 0.25) is 0 Å². The summed E-state index contributed by atoms with van der Waals surface area (Å²) in [6.45, 7) is 1.38. The van der Waals surface area contributed by atoms with Crippen molar-refractivity contribution in [1.82, 2.24) is 4.90 Å². The Bertz CT molecular complexity index is 883. The van der Waals surface area contributed by atoms with E-state index in [0.717, 1.165) is 29.1 Å². The molecule has 134 valence electrons. The highest BCUT2D eigenvalue weighted by Gasteiger charge is 2.12. The van der Waals surface area contributed by atoms with Crippen LogP contribution in [0.1, 0.15) is 16.7 Å². The first-order valence-corrected chi connectivity index (χ1v) is 9.35. The highest BCUT2D eigenvalue weighted by molar-refractivity contribution is 7.79. The van der Waals surface area contributed by atoms with Crippen LogP contribution in [0.3, 0.4) is 0 Å². The number of hydrogen-bond acceptors (Lipinski definition) is 4. The first kappa shape index (κ1) is 18.5. The van der Waals surface area contributed by atoms with E-state index < -0.39 is 0 Å². The van der Waals surface area contributed by atoms with Crippen molar-refractivity contribution in [3.05, 3.63) is 83.4 Å². The maximum absolute atomic E-state index is 5.65. The lowest BCUT2D eigenvalue weighted by Crippen LogP contribution is -2.17. The number of fused-ring (bicyclic) bond motifs is 1. The van der Waals surface area contributed by atoms with E-state index in [4.69, 9.17) is 4.84 Å². The van der Waals surface area contributed by atoms with Crippen molar-refractivity contribution in [3.8, 4) is 0 Å². The lowest BCUT2D eigenvalue weighted by molar-refractivity contribution is 0.126. The Morgan fingerprint density at radius 2 is 1.69 bits per heavy atom. The van der Waals surface area contributed by atoms with Crippen LogP contribution < -0.4 is 0 Å². The number of benzene rings is 3. The Hall–Kier alpha value is -2.30. The summed E-state index contributed by atoms with van der Waals surface area (Å²) in [7, 11) is 4.05. The zero-order valence-electron chi connectivity index (χ0n) is 15.2. The number of rotatable bonds is 7. The molecule has 4 heteroatoms. The van der Waals surface area contributed by atoms with Crippen LogP contribution in [0, 0.1) is 0 Å². The Morgan fingerprint density at radius 1 is 0.962 bits per heavy atom. The fourth-order valence-corrected chi connectivity index (χ4v) is 3.00. The predicted molar refractivity (Wildman–Crippen MR) is 113 cm³/mol. The van der Waals surface area contributed by atoms with Gasteiger partial charge in [-0.15, -0.1) is 0 Å². The molecule has 3 rings (SSSR count). The monoisotopic (exact) mass is 364 g/mol. The molecule has 0 amide bonds. The van der Waals surface area contributed by atoms with Gasteiger partial charge in [-0.2, -0.15) is 12.6 Å². The van der Waals surface area contributed by atoms with Gasteiger partial charge in [0.05, 0.1) is 0 Å². The molecular weight excluding hydrogens is 340 g/mol. The van der Waals surface area contributed by atoms with Crippen molar-refractivity contribution in [1.29, 1.82) is 0 Å². The predicted octanol–water partition coefficient (Wildman–Crippen LogP) is 4.60. The molecule has 0 aromatic heterocycles. The Labute approximate surface area is 160 Å². The molecule has 3 nitrogen and oxygen atoms in total. The molecule has 0 spiro atoms. The largest absolute Gasteiger partial charge is 0.394 e. The van der Waals surface area contributed by atoms with Gasteiger partial charge < -0.3 is 9.74 Å². The summed E-state index contributed by atoms with van der Waals surface area (Å²) in [6.07, 6.45) is 0. The van der Waals surface area contributed by atoms with E-state index in [-0.39, 0.29) is 0 Å². The molecular formula is C22H24N2OS. The molecule has 3 aromatic carbocycles. The van der Waals surface area contributed by atoms with Crippen molar-refractivity contribution >= 4 is 29.1 Å². The average Bonchev–Trinajstić information content (AvgIpc) is 2.68. The summed E-state index contributed by atoms with van der Waals surface area (Å²) in [6, 6.07) is 23.0. The fraction of sp³-hybridized carbons (Fsp3) is 0.227. The molecule has 0 aliphatic heterocycles. The fourth-order valence-electron chi connectivity index (χ4n) is 2.79. The highest BCUT2D eigenvalue weighted by Crippen LogP contribution is 2.22. The molecule has 0 bridgehead atoms. The molecule has 0 unspecified atom stereocenters. The van der Waals surface area contributed by atoms with E-state index in [9.17, 15) is 0 Å². The van der Waals surface area contributed by atoms with E-state index in [1.54, 1.807) is 0 Å². The minimum Gasteiger partial charge on any atom is -0.394 e. The average molecular weight is 365 g/mol. The van der Waals surface area contributed by atoms with Gasteiger partial charge in [-0.25, -0.2) is 0 Å². The van der Waals surface area contributed by atoms with Crippen molar-refractivity contribution in [2.45, 2.75) is 5.75 Å². The molecule has 0 saturated carbocycles. The number of thiol groups is 1. The van der Waals surface area contributed by atoms with Crippen molar-refractivity contribution in [2.24, 2.45) is 5.16 Å². The Morgan fingerprint density at radius 3 is 2.42 bits per heavy atom. The van der Waals surface area contributed by atoms with Crippen LogP contribution in [0.2, 0.25) is 0 Å². The molecule has 26 heavy (non-hydrogen) atoms. The highest BCUT2D eigenvalue weighted by atomic mass is 32.1. The molecule has 0 fully saturated rings. The summed E-state index contributed by atoms with van der Waals surface area (Å²) in [4.78, 5) is 7.73. The van der Waals surface area contributed by atoms with E-state index >= 15 is 0 Å². The van der Waals surface area contributed by atoms with Gasteiger partial charge in [-0.05, 0) is 30.4 Å². The van der Waals surface area contributed by atoms with Gasteiger partial charge in [0.15, 0.2) is 0 Å². The zero-order chi connectivity index (χ0) is 18.4. The Kier molecular flexibility index (Phi) is 6.31. The SMILES string of the molecule is CN(C)CCO/N=C(/c1ccc(CS)cc1)c1cccc2ccccc12. The van der Waals surface area contributed by atoms with Gasteiger partial charge in [-0.3, -0.25) is 0 Å². The lowest BCUT2D eigenvalue weighted by atomic mass is 9.96. The van der Waals surface area contributed by atoms with Gasteiger partial charge in [0.1, 0.15) is 12.3 Å². The third-order valence-corrected chi connectivity index (χ3v) is 4.61. The van der Waals surface area contributed by atoms with E-state index in [1.165, 1.54) is 16.3 Å². The van der Waals surface area contributed by atoms with Crippen molar-refractivity contribution < 1.29 is 4.84 Å². The van der Waals surface area contributed by atoms with Crippen LogP contribution in [-0.2, 0) is 10.6 Å². The van der Waals surface area contributed by atoms with Crippen LogP contribution >= 0.6 is 12.6 Å². The molecule has 0 saturated heterocycles. The lowest BCUT2D eigenvalue weighted by Gasteiger charge is -2.12. The number of hydrogen-bond donors (Lipinski definition) is 1. The minimum absolute atomic E-state index is 0.552. The van der Waals surface area contributed by atoms with Gasteiger partial charge in [-0.1, -0.05) is 71.9 Å². The number of likely N-dealkylation sites (N-methyl/N-ethyl adjacent to an activating group) is 1. The second-order valence-corrected chi connectivity index (χ2v) is 6.77. The molecule has 0 aliphatic rings. The smallest absolute Gasteiger partial charge is 0.129 e. The summed E-state index contributed by atoms with van der Waals surface area (Å²) >= 11 is 4.34. The van der Waals surface area contributed by atoms with E-state index in [0.29, 0.717) is 6.61 Å². The maximum atomic E-state index is 5.65. The van der Waals surface area contributed by atoms with Crippen LogP contribution in [0.25, 0.3) is 10.8 Å². The molecule has 0 heterocycles. The topological polar surface area (TPSA) is 24.8 Å². The molecule has 3 aromatic rings. The number of oxime groups is 1. The third kappa shape index (κ3) is 4.45. The first-order valence-electron chi connectivity index (χ1n) is 8.72. The normalized spacial score (nSPS) is 11.9. The summed E-state index contributed by atoms with van der Waals surface area (Å²) < 4.78 is 0.